The summed E-state index contributed by atoms with van der Waals surface area (Å²) in [5.74, 6) is -0.955. The fourth-order valence-corrected chi connectivity index (χ4v) is 2.36. The van der Waals surface area contributed by atoms with E-state index in [1.54, 1.807) is 45.0 Å². The van der Waals surface area contributed by atoms with Crippen LogP contribution in [0.15, 0.2) is 30.3 Å². The van der Waals surface area contributed by atoms with E-state index in [0.717, 1.165) is 0 Å². The summed E-state index contributed by atoms with van der Waals surface area (Å²) in [4.78, 5) is 39.9. The van der Waals surface area contributed by atoms with E-state index in [4.69, 9.17) is 4.74 Å². The minimum Gasteiger partial charge on any atom is -0.465 e. The molecule has 142 valence electrons. The van der Waals surface area contributed by atoms with Crippen LogP contribution in [-0.4, -0.2) is 36.7 Å². The molecule has 0 aliphatic carbocycles. The van der Waals surface area contributed by atoms with Gasteiger partial charge in [0.1, 0.15) is 0 Å². The number of aromatic nitrogens is 1. The SMILES string of the molecule is CCOC(=O)c1cc(NC(=O)Nc2ccc(C(=O)OC)cc2)c(C)nc1C. The molecule has 0 saturated carbocycles. The summed E-state index contributed by atoms with van der Waals surface area (Å²) < 4.78 is 9.62. The number of nitrogens with zero attached hydrogens (tertiary/aromatic N) is 1. The van der Waals surface area contributed by atoms with E-state index in [1.807, 2.05) is 0 Å². The van der Waals surface area contributed by atoms with Crippen LogP contribution < -0.4 is 10.6 Å². The molecule has 8 nitrogen and oxygen atoms in total. The van der Waals surface area contributed by atoms with Gasteiger partial charge in [-0.3, -0.25) is 4.98 Å². The minimum absolute atomic E-state index is 0.247. The number of urea groups is 1. The highest BCUT2D eigenvalue weighted by molar-refractivity contribution is 6.01. The lowest BCUT2D eigenvalue weighted by Gasteiger charge is -2.13. The van der Waals surface area contributed by atoms with Crippen molar-refractivity contribution in [1.82, 2.24) is 4.98 Å². The van der Waals surface area contributed by atoms with Crippen molar-refractivity contribution < 1.29 is 23.9 Å². The second kappa shape index (κ2) is 8.79. The molecule has 1 heterocycles. The number of pyridine rings is 1. The summed E-state index contributed by atoms with van der Waals surface area (Å²) in [6.45, 7) is 5.39. The predicted molar refractivity (Wildman–Crippen MR) is 100 cm³/mol. The Morgan fingerprint density at radius 2 is 1.67 bits per heavy atom. The first-order valence-corrected chi connectivity index (χ1v) is 8.27. The van der Waals surface area contributed by atoms with Gasteiger partial charge in [0, 0.05) is 5.69 Å². The lowest BCUT2D eigenvalue weighted by Crippen LogP contribution is -2.21. The van der Waals surface area contributed by atoms with Gasteiger partial charge in [0.05, 0.1) is 41.9 Å². The zero-order valence-corrected chi connectivity index (χ0v) is 15.6. The van der Waals surface area contributed by atoms with Crippen molar-refractivity contribution in [2.24, 2.45) is 0 Å². The summed E-state index contributed by atoms with van der Waals surface area (Å²) in [5, 5.41) is 5.30. The van der Waals surface area contributed by atoms with Crippen LogP contribution in [0.3, 0.4) is 0 Å². The van der Waals surface area contributed by atoms with Gasteiger partial charge in [-0.15, -0.1) is 0 Å². The molecule has 27 heavy (non-hydrogen) atoms. The van der Waals surface area contributed by atoms with E-state index in [0.29, 0.717) is 33.9 Å². The number of amides is 2. The van der Waals surface area contributed by atoms with Gasteiger partial charge in [0.2, 0.25) is 0 Å². The summed E-state index contributed by atoms with van der Waals surface area (Å²) >= 11 is 0. The largest absolute Gasteiger partial charge is 0.465 e. The number of carbonyl (C=O) groups excluding carboxylic acids is 3. The molecule has 0 saturated heterocycles. The number of aryl methyl sites for hydroxylation is 2. The molecule has 2 amide bonds. The lowest BCUT2D eigenvalue weighted by molar-refractivity contribution is 0.0524. The number of nitrogens with one attached hydrogen (secondary N) is 2. The average molecular weight is 371 g/mol. The van der Waals surface area contributed by atoms with Gasteiger partial charge in [-0.1, -0.05) is 0 Å². The summed E-state index contributed by atoms with van der Waals surface area (Å²) in [5.41, 5.74) is 2.64. The monoisotopic (exact) mass is 371 g/mol. The number of esters is 2. The summed E-state index contributed by atoms with van der Waals surface area (Å²) in [7, 11) is 1.30. The number of benzene rings is 1. The Kier molecular flexibility index (Phi) is 6.48. The molecule has 1 aromatic heterocycles. The van der Waals surface area contributed by atoms with Crippen molar-refractivity contribution in [3.05, 3.63) is 52.8 Å². The van der Waals surface area contributed by atoms with Gasteiger partial charge < -0.3 is 20.1 Å². The fourth-order valence-electron chi connectivity index (χ4n) is 2.36. The second-order valence-electron chi connectivity index (χ2n) is 5.62. The van der Waals surface area contributed by atoms with Gasteiger partial charge in [-0.25, -0.2) is 14.4 Å². The first-order valence-electron chi connectivity index (χ1n) is 8.27. The topological polar surface area (TPSA) is 107 Å². The third-order valence-electron chi connectivity index (χ3n) is 3.71. The highest BCUT2D eigenvalue weighted by Gasteiger charge is 2.16. The minimum atomic E-state index is -0.510. The standard InChI is InChI=1S/C19H21N3O5/c1-5-27-18(24)15-10-16(12(3)20-11(15)2)22-19(25)21-14-8-6-13(7-9-14)17(23)26-4/h6-10H,5H2,1-4H3,(H2,21,22,25). The number of methoxy groups -OCH3 is 1. The number of carbonyl (C=O) groups is 3. The molecule has 0 bridgehead atoms. The van der Waals surface area contributed by atoms with Gasteiger partial charge in [-0.05, 0) is 51.1 Å². The van der Waals surface area contributed by atoms with Crippen LogP contribution in [0.2, 0.25) is 0 Å². The third kappa shape index (κ3) is 5.04. The lowest BCUT2D eigenvalue weighted by atomic mass is 10.1. The number of hydrogen-bond acceptors (Lipinski definition) is 6. The zero-order valence-electron chi connectivity index (χ0n) is 15.6. The maximum absolute atomic E-state index is 12.2. The molecule has 8 heteroatoms. The molecule has 1 aromatic carbocycles. The first-order chi connectivity index (χ1) is 12.8. The van der Waals surface area contributed by atoms with Crippen molar-refractivity contribution >= 4 is 29.3 Å². The molecule has 0 aliphatic rings. The molecule has 0 aliphatic heterocycles. The van der Waals surface area contributed by atoms with E-state index >= 15 is 0 Å². The Morgan fingerprint density at radius 3 is 2.26 bits per heavy atom. The number of anilines is 2. The van der Waals surface area contributed by atoms with E-state index in [2.05, 4.69) is 20.4 Å². The number of rotatable bonds is 5. The Balaban J connectivity index is 2.12. The Hall–Kier alpha value is -3.42. The molecule has 0 unspecified atom stereocenters. The van der Waals surface area contributed by atoms with Crippen molar-refractivity contribution in [2.45, 2.75) is 20.8 Å². The quantitative estimate of drug-likeness (QED) is 0.781. The van der Waals surface area contributed by atoms with Crippen LogP contribution in [0.25, 0.3) is 0 Å². The van der Waals surface area contributed by atoms with Crippen molar-refractivity contribution in [2.75, 3.05) is 24.4 Å². The van der Waals surface area contributed by atoms with E-state index < -0.39 is 18.0 Å². The van der Waals surface area contributed by atoms with Crippen LogP contribution in [0, 0.1) is 13.8 Å². The highest BCUT2D eigenvalue weighted by atomic mass is 16.5. The van der Waals surface area contributed by atoms with Crippen LogP contribution in [0.1, 0.15) is 39.0 Å². The average Bonchev–Trinajstić information content (AvgIpc) is 2.64. The summed E-state index contributed by atoms with van der Waals surface area (Å²) in [6.07, 6.45) is 0. The normalized spacial score (nSPS) is 10.1. The van der Waals surface area contributed by atoms with Gasteiger partial charge in [0.25, 0.3) is 0 Å². The molecule has 0 radical (unpaired) electrons. The third-order valence-corrected chi connectivity index (χ3v) is 3.71. The first kappa shape index (κ1) is 19.9. The second-order valence-corrected chi connectivity index (χ2v) is 5.62. The highest BCUT2D eigenvalue weighted by Crippen LogP contribution is 2.19. The molecule has 2 rings (SSSR count). The molecule has 2 N–H and O–H groups in total. The molecule has 0 atom stereocenters. The maximum Gasteiger partial charge on any atom is 0.340 e. The molecule has 0 spiro atoms. The van der Waals surface area contributed by atoms with Crippen LogP contribution >= 0.6 is 0 Å². The Morgan fingerprint density at radius 1 is 1.00 bits per heavy atom. The van der Waals surface area contributed by atoms with Crippen LogP contribution in [-0.2, 0) is 9.47 Å². The molecule has 2 aromatic rings. The van der Waals surface area contributed by atoms with Crippen molar-refractivity contribution in [3.63, 3.8) is 0 Å². The van der Waals surface area contributed by atoms with E-state index in [9.17, 15) is 14.4 Å². The number of ether oxygens (including phenoxy) is 2. The predicted octanol–water partition coefficient (Wildman–Crippen LogP) is 3.31. The van der Waals surface area contributed by atoms with Crippen molar-refractivity contribution in [3.8, 4) is 0 Å². The Bertz CT molecular complexity index is 862. The molecule has 0 fully saturated rings. The molecular formula is C19H21N3O5. The Labute approximate surface area is 156 Å². The van der Waals surface area contributed by atoms with Crippen LogP contribution in [0.4, 0.5) is 16.2 Å². The van der Waals surface area contributed by atoms with Gasteiger partial charge in [-0.2, -0.15) is 0 Å². The molecular weight excluding hydrogens is 350 g/mol. The van der Waals surface area contributed by atoms with Gasteiger partial charge in [0.15, 0.2) is 0 Å². The summed E-state index contributed by atoms with van der Waals surface area (Å²) in [6, 6.07) is 7.27. The van der Waals surface area contributed by atoms with E-state index in [-0.39, 0.29) is 6.61 Å². The van der Waals surface area contributed by atoms with Gasteiger partial charge >= 0.3 is 18.0 Å². The van der Waals surface area contributed by atoms with E-state index in [1.165, 1.54) is 13.2 Å². The fraction of sp³-hybridized carbons (Fsp3) is 0.263. The van der Waals surface area contributed by atoms with Crippen LogP contribution in [0.5, 0.6) is 0 Å². The van der Waals surface area contributed by atoms with Crippen molar-refractivity contribution in [1.29, 1.82) is 0 Å². The smallest absolute Gasteiger partial charge is 0.340 e. The number of hydrogen-bond donors (Lipinski definition) is 2. The maximum atomic E-state index is 12.2. The zero-order chi connectivity index (χ0) is 20.0.